The molecule has 0 radical (unpaired) electrons. The average molecular weight is 266 g/mol. The van der Waals surface area contributed by atoms with Crippen molar-refractivity contribution < 1.29 is 4.79 Å². The number of carbonyl (C=O) groups is 1. The minimum Gasteiger partial charge on any atom is -0.356 e. The quantitative estimate of drug-likeness (QED) is 0.803. The number of rotatable bonds is 5. The van der Waals surface area contributed by atoms with E-state index in [0.717, 1.165) is 25.6 Å². The molecule has 1 saturated carbocycles. The van der Waals surface area contributed by atoms with Crippen molar-refractivity contribution in [3.63, 3.8) is 0 Å². The van der Waals surface area contributed by atoms with Gasteiger partial charge in [-0.2, -0.15) is 0 Å². The number of hydrogen-bond donors (Lipinski definition) is 2. The fraction of sp³-hybridized carbons (Fsp3) is 0.938. The van der Waals surface area contributed by atoms with Crippen LogP contribution in [0.1, 0.15) is 58.3 Å². The van der Waals surface area contributed by atoms with Crippen molar-refractivity contribution in [2.75, 3.05) is 19.6 Å². The molecule has 2 aliphatic rings. The second kappa shape index (κ2) is 7.88. The number of piperidine rings is 1. The van der Waals surface area contributed by atoms with Gasteiger partial charge >= 0.3 is 0 Å². The Kier molecular flexibility index (Phi) is 6.15. The molecule has 0 aromatic carbocycles. The molecule has 2 atom stereocenters. The summed E-state index contributed by atoms with van der Waals surface area (Å²) < 4.78 is 0. The Labute approximate surface area is 117 Å². The molecular weight excluding hydrogens is 236 g/mol. The van der Waals surface area contributed by atoms with Crippen LogP contribution in [0.3, 0.4) is 0 Å². The standard InChI is InChI=1S/C16H30N2O/c1-13(15-8-5-9-17-12-15)10-16(19)18-11-14-6-3-2-4-7-14/h13-15,17H,2-12H2,1H3,(H,18,19). The summed E-state index contributed by atoms with van der Waals surface area (Å²) in [6.45, 7) is 5.39. The molecule has 0 aromatic heterocycles. The van der Waals surface area contributed by atoms with Crippen LogP contribution in [0.15, 0.2) is 0 Å². The first-order valence-corrected chi connectivity index (χ1v) is 8.23. The van der Waals surface area contributed by atoms with Gasteiger partial charge in [0.15, 0.2) is 0 Å². The lowest BCUT2D eigenvalue weighted by atomic mass is 9.85. The summed E-state index contributed by atoms with van der Waals surface area (Å²) in [7, 11) is 0. The normalized spacial score (nSPS) is 26.9. The topological polar surface area (TPSA) is 41.1 Å². The third-order valence-corrected chi connectivity index (χ3v) is 4.96. The van der Waals surface area contributed by atoms with E-state index in [-0.39, 0.29) is 5.91 Å². The van der Waals surface area contributed by atoms with Crippen LogP contribution in [-0.2, 0) is 4.79 Å². The highest BCUT2D eigenvalue weighted by Crippen LogP contribution is 2.24. The van der Waals surface area contributed by atoms with Gasteiger partial charge in [0.05, 0.1) is 0 Å². The largest absolute Gasteiger partial charge is 0.356 e. The van der Waals surface area contributed by atoms with Crippen molar-refractivity contribution in [2.24, 2.45) is 17.8 Å². The average Bonchev–Trinajstić information content (AvgIpc) is 2.47. The maximum absolute atomic E-state index is 12.0. The Balaban J connectivity index is 1.62. The lowest BCUT2D eigenvalue weighted by molar-refractivity contribution is -0.122. The molecular formula is C16H30N2O. The minimum atomic E-state index is 0.267. The summed E-state index contributed by atoms with van der Waals surface area (Å²) in [5.74, 6) is 2.21. The van der Waals surface area contributed by atoms with Gasteiger partial charge in [-0.1, -0.05) is 26.2 Å². The van der Waals surface area contributed by atoms with Crippen LogP contribution in [0.5, 0.6) is 0 Å². The summed E-state index contributed by atoms with van der Waals surface area (Å²) in [6, 6.07) is 0. The van der Waals surface area contributed by atoms with Gasteiger partial charge in [0, 0.05) is 13.0 Å². The highest BCUT2D eigenvalue weighted by molar-refractivity contribution is 5.76. The molecule has 0 bridgehead atoms. The molecule has 3 nitrogen and oxygen atoms in total. The summed E-state index contributed by atoms with van der Waals surface area (Å²) in [5, 5.41) is 6.60. The minimum absolute atomic E-state index is 0.267. The highest BCUT2D eigenvalue weighted by Gasteiger charge is 2.22. The maximum atomic E-state index is 12.0. The molecule has 1 aliphatic carbocycles. The number of carbonyl (C=O) groups excluding carboxylic acids is 1. The predicted octanol–water partition coefficient (Wildman–Crippen LogP) is 2.71. The van der Waals surface area contributed by atoms with Gasteiger partial charge in [0.1, 0.15) is 0 Å². The van der Waals surface area contributed by atoms with E-state index in [1.54, 1.807) is 0 Å². The van der Waals surface area contributed by atoms with Crippen LogP contribution < -0.4 is 10.6 Å². The summed E-state index contributed by atoms with van der Waals surface area (Å²) in [5.41, 5.74) is 0. The second-order valence-corrected chi connectivity index (χ2v) is 6.60. The first kappa shape index (κ1) is 14.8. The Hall–Kier alpha value is -0.570. The molecule has 110 valence electrons. The molecule has 3 heteroatoms. The Morgan fingerprint density at radius 1 is 1.21 bits per heavy atom. The van der Waals surface area contributed by atoms with Crippen molar-refractivity contribution in [2.45, 2.75) is 58.3 Å². The van der Waals surface area contributed by atoms with Crippen molar-refractivity contribution in [3.05, 3.63) is 0 Å². The third-order valence-electron chi connectivity index (χ3n) is 4.96. The van der Waals surface area contributed by atoms with Crippen LogP contribution >= 0.6 is 0 Å². The Bertz CT molecular complexity index is 268. The van der Waals surface area contributed by atoms with E-state index in [1.807, 2.05) is 0 Å². The van der Waals surface area contributed by atoms with Crippen molar-refractivity contribution in [3.8, 4) is 0 Å². The molecule has 2 unspecified atom stereocenters. The Morgan fingerprint density at radius 2 is 2.00 bits per heavy atom. The van der Waals surface area contributed by atoms with E-state index in [4.69, 9.17) is 0 Å². The number of amides is 1. The molecule has 0 spiro atoms. The van der Waals surface area contributed by atoms with Crippen LogP contribution in [-0.4, -0.2) is 25.5 Å². The van der Waals surface area contributed by atoms with E-state index >= 15 is 0 Å². The molecule has 1 aliphatic heterocycles. The molecule has 0 aromatic rings. The highest BCUT2D eigenvalue weighted by atomic mass is 16.1. The van der Waals surface area contributed by atoms with Gasteiger partial charge in [0.25, 0.3) is 0 Å². The van der Waals surface area contributed by atoms with E-state index in [9.17, 15) is 4.79 Å². The summed E-state index contributed by atoms with van der Waals surface area (Å²) in [6.07, 6.45) is 9.96. The van der Waals surface area contributed by atoms with Crippen LogP contribution in [0.4, 0.5) is 0 Å². The van der Waals surface area contributed by atoms with Gasteiger partial charge in [-0.25, -0.2) is 0 Å². The van der Waals surface area contributed by atoms with Gasteiger partial charge in [-0.3, -0.25) is 4.79 Å². The predicted molar refractivity (Wildman–Crippen MR) is 79.0 cm³/mol. The zero-order chi connectivity index (χ0) is 13.5. The van der Waals surface area contributed by atoms with Gasteiger partial charge < -0.3 is 10.6 Å². The van der Waals surface area contributed by atoms with Crippen LogP contribution in [0.2, 0.25) is 0 Å². The van der Waals surface area contributed by atoms with Gasteiger partial charge in [-0.05, 0) is 56.5 Å². The van der Waals surface area contributed by atoms with E-state index in [0.29, 0.717) is 18.3 Å². The van der Waals surface area contributed by atoms with E-state index < -0.39 is 0 Å². The van der Waals surface area contributed by atoms with Gasteiger partial charge in [0.2, 0.25) is 5.91 Å². The fourth-order valence-electron chi connectivity index (χ4n) is 3.55. The van der Waals surface area contributed by atoms with E-state index in [1.165, 1.54) is 44.9 Å². The second-order valence-electron chi connectivity index (χ2n) is 6.60. The summed E-state index contributed by atoms with van der Waals surface area (Å²) in [4.78, 5) is 12.0. The smallest absolute Gasteiger partial charge is 0.220 e. The van der Waals surface area contributed by atoms with Crippen molar-refractivity contribution >= 4 is 5.91 Å². The zero-order valence-electron chi connectivity index (χ0n) is 12.4. The SMILES string of the molecule is CC(CC(=O)NCC1CCCCC1)C1CCCNC1. The summed E-state index contributed by atoms with van der Waals surface area (Å²) >= 11 is 0. The zero-order valence-corrected chi connectivity index (χ0v) is 12.4. The molecule has 2 rings (SSSR count). The number of hydrogen-bond acceptors (Lipinski definition) is 2. The van der Waals surface area contributed by atoms with E-state index in [2.05, 4.69) is 17.6 Å². The third kappa shape index (κ3) is 5.13. The fourth-order valence-corrected chi connectivity index (χ4v) is 3.55. The lowest BCUT2D eigenvalue weighted by Gasteiger charge is -2.28. The van der Waals surface area contributed by atoms with Crippen molar-refractivity contribution in [1.82, 2.24) is 10.6 Å². The molecule has 1 heterocycles. The molecule has 19 heavy (non-hydrogen) atoms. The van der Waals surface area contributed by atoms with Crippen molar-refractivity contribution in [1.29, 1.82) is 0 Å². The van der Waals surface area contributed by atoms with Gasteiger partial charge in [-0.15, -0.1) is 0 Å². The molecule has 1 saturated heterocycles. The first-order chi connectivity index (χ1) is 9.25. The molecule has 1 amide bonds. The molecule has 2 fully saturated rings. The first-order valence-electron chi connectivity index (χ1n) is 8.23. The van der Waals surface area contributed by atoms with Crippen LogP contribution in [0.25, 0.3) is 0 Å². The maximum Gasteiger partial charge on any atom is 0.220 e. The monoisotopic (exact) mass is 266 g/mol. The lowest BCUT2D eigenvalue weighted by Crippen LogP contribution is -2.36. The molecule has 2 N–H and O–H groups in total. The van der Waals surface area contributed by atoms with Crippen LogP contribution in [0, 0.1) is 17.8 Å². The Morgan fingerprint density at radius 3 is 2.68 bits per heavy atom. The number of nitrogens with one attached hydrogen (secondary N) is 2.